The molecule has 0 unspecified atom stereocenters. The zero-order valence-electron chi connectivity index (χ0n) is 18.2. The van der Waals surface area contributed by atoms with Crippen molar-refractivity contribution in [1.29, 1.82) is 0 Å². The third-order valence-electron chi connectivity index (χ3n) is 5.42. The number of fused-ring (bicyclic) bond motifs is 1. The number of benzene rings is 1. The Morgan fingerprint density at radius 1 is 1.10 bits per heavy atom. The molecule has 0 spiro atoms. The van der Waals surface area contributed by atoms with Crippen LogP contribution in [0.5, 0.6) is 0 Å². The predicted octanol–water partition coefficient (Wildman–Crippen LogP) is 4.01. The predicted molar refractivity (Wildman–Crippen MR) is 128 cm³/mol. The van der Waals surface area contributed by atoms with E-state index >= 15 is 0 Å². The van der Waals surface area contributed by atoms with E-state index in [1.165, 1.54) is 40.0 Å². The van der Waals surface area contributed by atoms with E-state index in [9.17, 15) is 14.4 Å². The minimum absolute atomic E-state index is 0.0830. The number of carbonyl (C=O) groups is 3. The van der Waals surface area contributed by atoms with Crippen LogP contribution in [0.15, 0.2) is 24.3 Å². The Hall–Kier alpha value is -2.32. The number of hydrogen-bond acceptors (Lipinski definition) is 5. The first-order valence-corrected chi connectivity index (χ1v) is 12.5. The minimum atomic E-state index is -0.343. The van der Waals surface area contributed by atoms with Gasteiger partial charge in [0.25, 0.3) is 5.91 Å². The molecular weight excluding hydrogens is 430 g/mol. The second kappa shape index (κ2) is 10.8. The molecule has 0 saturated heterocycles. The Balaban J connectivity index is 1.38. The van der Waals surface area contributed by atoms with Crippen molar-refractivity contribution in [3.63, 3.8) is 0 Å². The minimum Gasteiger partial charge on any atom is -0.325 e. The molecular formula is C23H29N3O3S2. The van der Waals surface area contributed by atoms with Gasteiger partial charge in [0.15, 0.2) is 0 Å². The first-order chi connectivity index (χ1) is 14.9. The van der Waals surface area contributed by atoms with Crippen molar-refractivity contribution in [2.45, 2.75) is 46.5 Å². The quantitative estimate of drug-likeness (QED) is 0.546. The van der Waals surface area contributed by atoms with Gasteiger partial charge in [0, 0.05) is 10.6 Å². The maximum atomic E-state index is 12.4. The van der Waals surface area contributed by atoms with Crippen LogP contribution in [0.3, 0.4) is 0 Å². The van der Waals surface area contributed by atoms with E-state index < -0.39 is 0 Å². The summed E-state index contributed by atoms with van der Waals surface area (Å²) in [5.74, 6) is 0.138. The topological polar surface area (TPSA) is 87.3 Å². The third kappa shape index (κ3) is 6.58. The summed E-state index contributed by atoms with van der Waals surface area (Å²) in [4.78, 5) is 38.4. The molecule has 0 aliphatic heterocycles. The van der Waals surface area contributed by atoms with Crippen LogP contribution >= 0.6 is 23.1 Å². The van der Waals surface area contributed by atoms with E-state index in [4.69, 9.17) is 0 Å². The van der Waals surface area contributed by atoms with Crippen molar-refractivity contribution in [3.8, 4) is 0 Å². The van der Waals surface area contributed by atoms with Gasteiger partial charge in [-0.25, -0.2) is 0 Å². The largest absolute Gasteiger partial charge is 0.325 e. The van der Waals surface area contributed by atoms with Crippen LogP contribution in [0.1, 0.15) is 51.0 Å². The second-order valence-corrected chi connectivity index (χ2v) is 10.1. The van der Waals surface area contributed by atoms with E-state index in [1.54, 1.807) is 0 Å². The highest BCUT2D eigenvalue weighted by Gasteiger charge is 2.22. The lowest BCUT2D eigenvalue weighted by molar-refractivity contribution is -0.119. The monoisotopic (exact) mass is 459 g/mol. The van der Waals surface area contributed by atoms with Crippen LogP contribution < -0.4 is 16.2 Å². The van der Waals surface area contributed by atoms with Gasteiger partial charge < -0.3 is 5.32 Å². The molecule has 1 aliphatic rings. The SMILES string of the molecule is CC[C@@H]1CCc2sc(C(=O)NNC(=O)CSCC(=O)Nc3ccc(C)cc3C)cc2C1. The molecule has 166 valence electrons. The van der Waals surface area contributed by atoms with Gasteiger partial charge in [-0.1, -0.05) is 31.0 Å². The molecule has 0 bridgehead atoms. The lowest BCUT2D eigenvalue weighted by Crippen LogP contribution is -2.42. The molecule has 0 radical (unpaired) electrons. The van der Waals surface area contributed by atoms with E-state index in [1.807, 2.05) is 38.1 Å². The summed E-state index contributed by atoms with van der Waals surface area (Å²) in [6.07, 6.45) is 4.39. The second-order valence-electron chi connectivity index (χ2n) is 7.94. The Morgan fingerprint density at radius 2 is 1.87 bits per heavy atom. The number of hydrazine groups is 1. The maximum absolute atomic E-state index is 12.4. The van der Waals surface area contributed by atoms with Gasteiger partial charge in [-0.3, -0.25) is 25.2 Å². The summed E-state index contributed by atoms with van der Waals surface area (Å²) in [5.41, 5.74) is 9.10. The third-order valence-corrected chi connectivity index (χ3v) is 7.59. The van der Waals surface area contributed by atoms with E-state index in [-0.39, 0.29) is 29.2 Å². The molecule has 8 heteroatoms. The van der Waals surface area contributed by atoms with Crippen LogP contribution in [0.2, 0.25) is 0 Å². The Kier molecular flexibility index (Phi) is 8.15. The van der Waals surface area contributed by atoms with Crippen molar-refractivity contribution in [1.82, 2.24) is 10.9 Å². The number of carbonyl (C=O) groups excluding carboxylic acids is 3. The number of thiophene rings is 1. The summed E-state index contributed by atoms with van der Waals surface area (Å²) in [5, 5.41) is 2.85. The van der Waals surface area contributed by atoms with E-state index in [2.05, 4.69) is 23.1 Å². The van der Waals surface area contributed by atoms with Gasteiger partial charge in [0.1, 0.15) is 0 Å². The number of thioether (sulfide) groups is 1. The number of aryl methyl sites for hydroxylation is 3. The summed E-state index contributed by atoms with van der Waals surface area (Å²) in [7, 11) is 0. The van der Waals surface area contributed by atoms with Crippen molar-refractivity contribution >= 4 is 46.5 Å². The van der Waals surface area contributed by atoms with E-state index in [0.717, 1.165) is 36.1 Å². The van der Waals surface area contributed by atoms with Crippen molar-refractivity contribution < 1.29 is 14.4 Å². The molecule has 0 saturated carbocycles. The number of nitrogens with one attached hydrogen (secondary N) is 3. The lowest BCUT2D eigenvalue weighted by Gasteiger charge is -2.19. The van der Waals surface area contributed by atoms with Gasteiger partial charge in [0.2, 0.25) is 11.8 Å². The van der Waals surface area contributed by atoms with Crippen molar-refractivity contribution in [3.05, 3.63) is 50.7 Å². The molecule has 0 fully saturated rings. The number of hydrogen-bond donors (Lipinski definition) is 3. The Labute approximate surface area is 191 Å². The molecule has 3 amide bonds. The van der Waals surface area contributed by atoms with Crippen molar-refractivity contribution in [2.24, 2.45) is 5.92 Å². The fourth-order valence-corrected chi connectivity index (χ4v) is 5.38. The van der Waals surface area contributed by atoms with E-state index in [0.29, 0.717) is 10.8 Å². The fourth-order valence-electron chi connectivity index (χ4n) is 3.66. The molecule has 6 nitrogen and oxygen atoms in total. The molecule has 3 N–H and O–H groups in total. The molecule has 1 atom stereocenters. The Bertz CT molecular complexity index is 971. The first-order valence-electron chi connectivity index (χ1n) is 10.5. The summed E-state index contributed by atoms with van der Waals surface area (Å²) in [6.45, 7) is 6.15. The van der Waals surface area contributed by atoms with Crippen LogP contribution in [0, 0.1) is 19.8 Å². The van der Waals surface area contributed by atoms with Crippen LogP contribution in [-0.2, 0) is 22.4 Å². The summed E-state index contributed by atoms with van der Waals surface area (Å²) in [6, 6.07) is 7.78. The van der Waals surface area contributed by atoms with Gasteiger partial charge in [-0.05, 0) is 62.3 Å². The van der Waals surface area contributed by atoms with Gasteiger partial charge in [0.05, 0.1) is 16.4 Å². The number of rotatable bonds is 7. The first kappa shape index (κ1) is 23.3. The zero-order chi connectivity index (χ0) is 22.4. The number of amides is 3. The normalized spacial score (nSPS) is 15.1. The highest BCUT2D eigenvalue weighted by Crippen LogP contribution is 2.33. The van der Waals surface area contributed by atoms with Crippen LogP contribution in [-0.4, -0.2) is 29.2 Å². The summed E-state index contributed by atoms with van der Waals surface area (Å²) >= 11 is 2.71. The fraction of sp³-hybridized carbons (Fsp3) is 0.435. The van der Waals surface area contributed by atoms with Crippen molar-refractivity contribution in [2.75, 3.05) is 16.8 Å². The molecule has 2 aromatic rings. The molecule has 3 rings (SSSR count). The zero-order valence-corrected chi connectivity index (χ0v) is 19.8. The summed E-state index contributed by atoms with van der Waals surface area (Å²) < 4.78 is 0. The van der Waals surface area contributed by atoms with Gasteiger partial charge >= 0.3 is 0 Å². The van der Waals surface area contributed by atoms with Gasteiger partial charge in [-0.15, -0.1) is 23.1 Å². The molecule has 31 heavy (non-hydrogen) atoms. The molecule has 1 heterocycles. The lowest BCUT2D eigenvalue weighted by atomic mass is 9.87. The van der Waals surface area contributed by atoms with Crippen LogP contribution in [0.25, 0.3) is 0 Å². The Morgan fingerprint density at radius 3 is 2.61 bits per heavy atom. The molecule has 1 aliphatic carbocycles. The number of anilines is 1. The molecule has 1 aromatic carbocycles. The standard InChI is InChI=1S/C23H29N3O3S2/c1-4-16-6-8-19-17(10-16)11-20(31-19)23(29)26-25-22(28)13-30-12-21(27)24-18-7-5-14(2)9-15(18)3/h5,7,9,11,16H,4,6,8,10,12-13H2,1-3H3,(H,24,27)(H,25,28)(H,26,29)/t16-/m1/s1. The maximum Gasteiger partial charge on any atom is 0.279 e. The highest BCUT2D eigenvalue weighted by molar-refractivity contribution is 8.00. The highest BCUT2D eigenvalue weighted by atomic mass is 32.2. The van der Waals surface area contributed by atoms with Crippen LogP contribution in [0.4, 0.5) is 5.69 Å². The average molecular weight is 460 g/mol. The average Bonchev–Trinajstić information content (AvgIpc) is 3.17. The molecule has 1 aromatic heterocycles. The van der Waals surface area contributed by atoms with Gasteiger partial charge in [-0.2, -0.15) is 0 Å². The smallest absolute Gasteiger partial charge is 0.279 e.